The summed E-state index contributed by atoms with van der Waals surface area (Å²) in [6.45, 7) is 3.38. The van der Waals surface area contributed by atoms with Crippen LogP contribution in [-0.2, 0) is 13.0 Å². The van der Waals surface area contributed by atoms with Crippen LogP contribution in [0.1, 0.15) is 42.8 Å². The molecule has 31 heavy (non-hydrogen) atoms. The van der Waals surface area contributed by atoms with Gasteiger partial charge in [0, 0.05) is 48.1 Å². The zero-order valence-electron chi connectivity index (χ0n) is 16.6. The fourth-order valence-electron chi connectivity index (χ4n) is 3.49. The summed E-state index contributed by atoms with van der Waals surface area (Å²) in [7, 11) is 1.54. The maximum Gasteiger partial charge on any atom is 0.316 e. The molecule has 0 bridgehead atoms. The van der Waals surface area contributed by atoms with Crippen molar-refractivity contribution in [1.82, 2.24) is 19.9 Å². The van der Waals surface area contributed by atoms with Crippen LogP contribution in [0.3, 0.4) is 0 Å². The summed E-state index contributed by atoms with van der Waals surface area (Å²) < 4.78 is 5.02. The topological polar surface area (TPSA) is 99.9 Å². The van der Waals surface area contributed by atoms with E-state index in [0.29, 0.717) is 23.1 Å². The Labute approximate surface area is 186 Å². The largest absolute Gasteiger partial charge is 0.467 e. The quantitative estimate of drug-likeness (QED) is 0.634. The Balaban J connectivity index is 0.00000272. The van der Waals surface area contributed by atoms with Crippen molar-refractivity contribution in [2.24, 2.45) is 0 Å². The molecule has 4 rings (SSSR count). The molecule has 8 nitrogen and oxygen atoms in total. The molecule has 1 atom stereocenters. The van der Waals surface area contributed by atoms with Gasteiger partial charge >= 0.3 is 6.01 Å². The van der Waals surface area contributed by atoms with E-state index in [9.17, 15) is 5.26 Å². The van der Waals surface area contributed by atoms with E-state index in [2.05, 4.69) is 36.2 Å². The second-order valence-electron chi connectivity index (χ2n) is 6.96. The number of rotatable bonds is 5. The first-order valence-electron chi connectivity index (χ1n) is 9.49. The Morgan fingerprint density at radius 1 is 1.23 bits per heavy atom. The number of anilines is 2. The molecule has 0 amide bonds. The lowest BCUT2D eigenvalue weighted by atomic mass is 10.0. The highest BCUT2D eigenvalue weighted by Gasteiger charge is 2.24. The van der Waals surface area contributed by atoms with Gasteiger partial charge < -0.3 is 15.0 Å². The van der Waals surface area contributed by atoms with Crippen LogP contribution in [0.5, 0.6) is 6.01 Å². The van der Waals surface area contributed by atoms with Crippen LogP contribution >= 0.6 is 11.6 Å². The van der Waals surface area contributed by atoms with E-state index in [1.54, 1.807) is 30.9 Å². The third kappa shape index (κ3) is 4.67. The molecule has 1 aliphatic rings. The predicted molar refractivity (Wildman–Crippen MR) is 120 cm³/mol. The van der Waals surface area contributed by atoms with E-state index < -0.39 is 0 Å². The minimum absolute atomic E-state index is 0. The summed E-state index contributed by atoms with van der Waals surface area (Å²) in [5, 5.41) is 13.5. The van der Waals surface area contributed by atoms with Gasteiger partial charge in [-0.3, -0.25) is 0 Å². The van der Waals surface area contributed by atoms with Gasteiger partial charge in [-0.1, -0.05) is 19.0 Å². The highest BCUT2D eigenvalue weighted by molar-refractivity contribution is 6.30. The zero-order chi connectivity index (χ0) is 21.1. The number of nitriles is 1. The molecule has 3 heterocycles. The first-order valence-corrected chi connectivity index (χ1v) is 9.86. The summed E-state index contributed by atoms with van der Waals surface area (Å²) in [6.07, 6.45) is 5.81. The standard InChI is InChI=1S/C21H20ClN7O.CH4/c1-13(15-9-24-21(30-2)25-10-15)28-20-17-11-29(6-5-18(17)26-12-27-20)19-4-3-16(22)7-14(19)8-23;/h3-4,7,9-10,12-13H,5-6,11H2,1-2H3,(H,26,27,28);1H4/t13-;/m1./s1. The minimum Gasteiger partial charge on any atom is -0.467 e. The van der Waals surface area contributed by atoms with Gasteiger partial charge in [0.1, 0.15) is 18.2 Å². The molecule has 0 unspecified atom stereocenters. The Morgan fingerprint density at radius 2 is 2.00 bits per heavy atom. The number of ether oxygens (including phenoxy) is 1. The normalized spacial score (nSPS) is 13.4. The fourth-order valence-corrected chi connectivity index (χ4v) is 3.66. The predicted octanol–water partition coefficient (Wildman–Crippen LogP) is 4.17. The molecule has 0 fully saturated rings. The fraction of sp³-hybridized carbons (Fsp3) is 0.318. The first-order chi connectivity index (χ1) is 14.6. The zero-order valence-corrected chi connectivity index (χ0v) is 17.4. The average Bonchev–Trinajstić information content (AvgIpc) is 2.79. The number of nitrogens with zero attached hydrogens (tertiary/aromatic N) is 6. The molecule has 160 valence electrons. The summed E-state index contributed by atoms with van der Waals surface area (Å²) in [6, 6.07) is 7.90. The third-order valence-electron chi connectivity index (χ3n) is 5.11. The van der Waals surface area contributed by atoms with Gasteiger partial charge in [-0.25, -0.2) is 19.9 Å². The average molecular weight is 438 g/mol. The lowest BCUT2D eigenvalue weighted by molar-refractivity contribution is 0.379. The Kier molecular flexibility index (Phi) is 6.88. The van der Waals surface area contributed by atoms with Crippen LogP contribution in [0, 0.1) is 11.3 Å². The second-order valence-corrected chi connectivity index (χ2v) is 7.40. The van der Waals surface area contributed by atoms with Gasteiger partial charge in [0.05, 0.1) is 30.1 Å². The molecule has 9 heteroatoms. The van der Waals surface area contributed by atoms with E-state index in [4.69, 9.17) is 16.3 Å². The molecule has 2 aromatic heterocycles. The van der Waals surface area contributed by atoms with E-state index >= 15 is 0 Å². The number of methoxy groups -OCH3 is 1. The Hall–Kier alpha value is -3.44. The lowest BCUT2D eigenvalue weighted by Gasteiger charge is -2.32. The van der Waals surface area contributed by atoms with Crippen LogP contribution in [0.15, 0.2) is 36.9 Å². The molecule has 0 aliphatic carbocycles. The van der Waals surface area contributed by atoms with E-state index in [-0.39, 0.29) is 13.5 Å². The number of benzene rings is 1. The summed E-state index contributed by atoms with van der Waals surface area (Å²) in [5.41, 5.74) is 4.36. The Morgan fingerprint density at radius 3 is 2.71 bits per heavy atom. The van der Waals surface area contributed by atoms with Crippen molar-refractivity contribution in [3.63, 3.8) is 0 Å². The van der Waals surface area contributed by atoms with Crippen molar-refractivity contribution in [1.29, 1.82) is 5.26 Å². The van der Waals surface area contributed by atoms with E-state index in [1.807, 2.05) is 13.0 Å². The number of aromatic nitrogens is 4. The maximum atomic E-state index is 9.51. The van der Waals surface area contributed by atoms with Gasteiger partial charge in [-0.15, -0.1) is 0 Å². The number of hydrogen-bond donors (Lipinski definition) is 1. The smallest absolute Gasteiger partial charge is 0.316 e. The molecular weight excluding hydrogens is 414 g/mol. The Bertz CT molecular complexity index is 1100. The van der Waals surface area contributed by atoms with E-state index in [0.717, 1.165) is 41.3 Å². The van der Waals surface area contributed by atoms with Crippen molar-refractivity contribution in [3.05, 3.63) is 64.3 Å². The van der Waals surface area contributed by atoms with Gasteiger partial charge in [-0.2, -0.15) is 5.26 Å². The van der Waals surface area contributed by atoms with Crippen LogP contribution in [0.25, 0.3) is 0 Å². The highest BCUT2D eigenvalue weighted by Crippen LogP contribution is 2.31. The summed E-state index contributed by atoms with van der Waals surface area (Å²) in [4.78, 5) is 19.4. The van der Waals surface area contributed by atoms with Crippen molar-refractivity contribution >= 4 is 23.1 Å². The molecule has 0 radical (unpaired) electrons. The first kappa shape index (κ1) is 22.2. The SMILES string of the molecule is C.COc1ncc([C@@H](C)Nc2ncnc3c2CN(c2ccc(Cl)cc2C#N)CC3)cn1. The summed E-state index contributed by atoms with van der Waals surface area (Å²) >= 11 is 6.06. The molecule has 3 aromatic rings. The minimum atomic E-state index is -0.0597. The number of halogens is 1. The van der Waals surface area contributed by atoms with Crippen molar-refractivity contribution in [2.75, 3.05) is 23.9 Å². The van der Waals surface area contributed by atoms with Crippen molar-refractivity contribution in [2.45, 2.75) is 33.4 Å². The number of fused-ring (bicyclic) bond motifs is 1. The van der Waals surface area contributed by atoms with Crippen LogP contribution < -0.4 is 15.0 Å². The van der Waals surface area contributed by atoms with Crippen molar-refractivity contribution < 1.29 is 4.74 Å². The van der Waals surface area contributed by atoms with Gasteiger partial charge in [0.25, 0.3) is 0 Å². The van der Waals surface area contributed by atoms with Gasteiger partial charge in [0.2, 0.25) is 0 Å². The molecular formula is C22H24ClN7O. The second kappa shape index (κ2) is 9.58. The molecule has 0 saturated heterocycles. The monoisotopic (exact) mass is 437 g/mol. The highest BCUT2D eigenvalue weighted by atomic mass is 35.5. The number of nitrogens with one attached hydrogen (secondary N) is 1. The lowest BCUT2D eigenvalue weighted by Crippen LogP contribution is -2.32. The van der Waals surface area contributed by atoms with Gasteiger partial charge in [-0.05, 0) is 25.1 Å². The van der Waals surface area contributed by atoms with Crippen LogP contribution in [0.4, 0.5) is 11.5 Å². The molecule has 1 N–H and O–H groups in total. The van der Waals surface area contributed by atoms with Gasteiger partial charge in [0.15, 0.2) is 0 Å². The third-order valence-corrected chi connectivity index (χ3v) is 5.34. The number of hydrogen-bond acceptors (Lipinski definition) is 8. The molecule has 0 spiro atoms. The maximum absolute atomic E-state index is 9.51. The molecule has 0 saturated carbocycles. The summed E-state index contributed by atoms with van der Waals surface area (Å²) in [5.74, 6) is 0.764. The molecule has 1 aliphatic heterocycles. The molecule has 1 aromatic carbocycles. The van der Waals surface area contributed by atoms with E-state index in [1.165, 1.54) is 7.11 Å². The van der Waals surface area contributed by atoms with Crippen LogP contribution in [-0.4, -0.2) is 33.6 Å². The van der Waals surface area contributed by atoms with Crippen LogP contribution in [0.2, 0.25) is 5.02 Å². The van der Waals surface area contributed by atoms with Crippen molar-refractivity contribution in [3.8, 4) is 12.1 Å².